The molecule has 0 aliphatic heterocycles. The summed E-state index contributed by atoms with van der Waals surface area (Å²) >= 11 is 13.1. The van der Waals surface area contributed by atoms with Gasteiger partial charge in [0.25, 0.3) is 0 Å². The highest BCUT2D eigenvalue weighted by molar-refractivity contribution is 8.13. The average Bonchev–Trinajstić information content (AvgIpc) is 2.70. The molecule has 4 nitrogen and oxygen atoms in total. The van der Waals surface area contributed by atoms with Gasteiger partial charge in [0.2, 0.25) is 10.0 Å². The Kier molecular flexibility index (Phi) is 7.60. The number of hydrogen-bond donors (Lipinski definition) is 1. The summed E-state index contributed by atoms with van der Waals surface area (Å²) in [6.07, 6.45) is 1.91. The first-order valence-electron chi connectivity index (χ1n) is 9.10. The number of aryl methyl sites for hydroxylation is 1. The van der Waals surface area contributed by atoms with Gasteiger partial charge in [0.1, 0.15) is 0 Å². The molecule has 0 aromatic heterocycles. The molecule has 0 spiro atoms. The van der Waals surface area contributed by atoms with E-state index >= 15 is 0 Å². The largest absolute Gasteiger partial charge is 0.287 e. The molecular formula is C22H19Cl2NO3S2. The van der Waals surface area contributed by atoms with Crippen molar-refractivity contribution < 1.29 is 13.2 Å². The first-order valence-corrected chi connectivity index (χ1v) is 12.2. The van der Waals surface area contributed by atoms with Crippen LogP contribution in [-0.2, 0) is 21.2 Å². The van der Waals surface area contributed by atoms with Gasteiger partial charge >= 0.3 is 0 Å². The lowest BCUT2D eigenvalue weighted by molar-refractivity contribution is -0.111. The lowest BCUT2D eigenvalue weighted by atomic mass is 10.1. The average molecular weight is 480 g/mol. The maximum atomic E-state index is 12.4. The fourth-order valence-electron chi connectivity index (χ4n) is 2.89. The Bertz CT molecular complexity index is 1160. The molecule has 0 radical (unpaired) electrons. The molecule has 0 saturated carbocycles. The number of nitrogens with two attached hydrogens (primary N) is 1. The van der Waals surface area contributed by atoms with Gasteiger partial charge in [0.15, 0.2) is 5.12 Å². The van der Waals surface area contributed by atoms with Gasteiger partial charge in [0.05, 0.1) is 14.9 Å². The highest BCUT2D eigenvalue weighted by atomic mass is 35.5. The number of rotatable bonds is 7. The standard InChI is InChI=1S/C22H19Cl2NO3S2/c23-20-12-7-15(13-21(20)24)3-1-6-22(26)29-18-5-2-4-17(14-18)16-8-10-19(11-9-16)30(25,27)28/h2,4-5,7-14H,1,3,6H2,(H2,25,27,28). The van der Waals surface area contributed by atoms with Gasteiger partial charge in [-0.05, 0) is 65.9 Å². The van der Waals surface area contributed by atoms with Crippen LogP contribution in [0.3, 0.4) is 0 Å². The maximum Gasteiger partial charge on any atom is 0.238 e. The molecule has 8 heteroatoms. The van der Waals surface area contributed by atoms with Gasteiger partial charge in [-0.3, -0.25) is 4.79 Å². The second-order valence-electron chi connectivity index (χ2n) is 6.67. The van der Waals surface area contributed by atoms with Crippen LogP contribution in [0.4, 0.5) is 0 Å². The van der Waals surface area contributed by atoms with Crippen LogP contribution in [0.2, 0.25) is 10.0 Å². The fourth-order valence-corrected chi connectivity index (χ4v) is 4.57. The minimum Gasteiger partial charge on any atom is -0.287 e. The number of benzene rings is 3. The zero-order valence-corrected chi connectivity index (χ0v) is 19.0. The van der Waals surface area contributed by atoms with E-state index in [9.17, 15) is 13.2 Å². The maximum absolute atomic E-state index is 12.4. The third-order valence-corrected chi connectivity index (χ3v) is 7.00. The van der Waals surface area contributed by atoms with E-state index in [2.05, 4.69) is 0 Å². The highest BCUT2D eigenvalue weighted by Crippen LogP contribution is 2.28. The Morgan fingerprint density at radius 2 is 1.63 bits per heavy atom. The molecule has 2 N–H and O–H groups in total. The van der Waals surface area contributed by atoms with Gasteiger partial charge in [-0.1, -0.05) is 65.3 Å². The third-order valence-electron chi connectivity index (χ3n) is 4.41. The van der Waals surface area contributed by atoms with Crippen LogP contribution in [0.5, 0.6) is 0 Å². The van der Waals surface area contributed by atoms with Crippen LogP contribution in [0.1, 0.15) is 18.4 Å². The van der Waals surface area contributed by atoms with Crippen LogP contribution >= 0.6 is 35.0 Å². The summed E-state index contributed by atoms with van der Waals surface area (Å²) in [6.45, 7) is 0. The van der Waals surface area contributed by atoms with Crippen molar-refractivity contribution in [2.24, 2.45) is 5.14 Å². The van der Waals surface area contributed by atoms with E-state index in [0.29, 0.717) is 16.5 Å². The predicted octanol–water partition coefficient (Wildman–Crippen LogP) is 5.95. The SMILES string of the molecule is NS(=O)(=O)c1ccc(-c2cccc(SC(=O)CCCc3ccc(Cl)c(Cl)c3)c2)cc1. The van der Waals surface area contributed by atoms with E-state index in [1.165, 1.54) is 23.9 Å². The minimum atomic E-state index is -3.72. The topological polar surface area (TPSA) is 77.2 Å². The molecule has 3 aromatic rings. The molecule has 0 atom stereocenters. The van der Waals surface area contributed by atoms with Crippen LogP contribution in [0.25, 0.3) is 11.1 Å². The Morgan fingerprint density at radius 3 is 2.30 bits per heavy atom. The zero-order valence-electron chi connectivity index (χ0n) is 15.8. The van der Waals surface area contributed by atoms with Crippen LogP contribution in [-0.4, -0.2) is 13.5 Å². The quantitative estimate of drug-likeness (QED) is 0.424. The first kappa shape index (κ1) is 22.8. The normalized spacial score (nSPS) is 11.4. The molecule has 0 aliphatic carbocycles. The van der Waals surface area contributed by atoms with Crippen molar-refractivity contribution in [1.82, 2.24) is 0 Å². The van der Waals surface area contributed by atoms with Crippen LogP contribution < -0.4 is 5.14 Å². The summed E-state index contributed by atoms with van der Waals surface area (Å²) in [5.41, 5.74) is 2.79. The highest BCUT2D eigenvalue weighted by Gasteiger charge is 2.10. The number of carbonyl (C=O) groups is 1. The van der Waals surface area contributed by atoms with E-state index in [1.54, 1.807) is 18.2 Å². The van der Waals surface area contributed by atoms with Crippen molar-refractivity contribution in [1.29, 1.82) is 0 Å². The number of thioether (sulfide) groups is 1. The Balaban J connectivity index is 1.59. The van der Waals surface area contributed by atoms with Crippen molar-refractivity contribution in [2.75, 3.05) is 0 Å². The lowest BCUT2D eigenvalue weighted by Crippen LogP contribution is -2.11. The molecule has 0 bridgehead atoms. The Labute approximate surface area is 190 Å². The number of sulfonamides is 1. The summed E-state index contributed by atoms with van der Waals surface area (Å²) < 4.78 is 22.8. The van der Waals surface area contributed by atoms with Crippen molar-refractivity contribution in [3.05, 3.63) is 82.3 Å². The monoisotopic (exact) mass is 479 g/mol. The summed E-state index contributed by atoms with van der Waals surface area (Å²) in [5.74, 6) is 0. The molecule has 3 rings (SSSR count). The van der Waals surface area contributed by atoms with Gasteiger partial charge in [0, 0.05) is 11.3 Å². The summed E-state index contributed by atoms with van der Waals surface area (Å²) in [5, 5.41) is 6.25. The van der Waals surface area contributed by atoms with Crippen LogP contribution in [0.15, 0.2) is 76.5 Å². The molecule has 0 fully saturated rings. The van der Waals surface area contributed by atoms with Crippen LogP contribution in [0, 0.1) is 0 Å². The second kappa shape index (κ2) is 9.98. The van der Waals surface area contributed by atoms with Crippen molar-refractivity contribution in [2.45, 2.75) is 29.1 Å². The summed E-state index contributed by atoms with van der Waals surface area (Å²) in [4.78, 5) is 13.3. The van der Waals surface area contributed by atoms with Gasteiger partial charge in [-0.25, -0.2) is 13.6 Å². The molecule has 156 valence electrons. The van der Waals surface area contributed by atoms with Crippen molar-refractivity contribution in [3.63, 3.8) is 0 Å². The Hall–Kier alpha value is -1.83. The molecular weight excluding hydrogens is 461 g/mol. The van der Waals surface area contributed by atoms with E-state index in [-0.39, 0.29) is 10.0 Å². The van der Waals surface area contributed by atoms with Gasteiger partial charge < -0.3 is 0 Å². The molecule has 0 amide bonds. The molecule has 0 heterocycles. The predicted molar refractivity (Wildman–Crippen MR) is 124 cm³/mol. The first-order chi connectivity index (χ1) is 14.2. The van der Waals surface area contributed by atoms with Crippen molar-refractivity contribution >= 4 is 50.1 Å². The third kappa shape index (κ3) is 6.33. The summed E-state index contributed by atoms with van der Waals surface area (Å²) in [6, 6.07) is 19.4. The smallest absolute Gasteiger partial charge is 0.238 e. The number of primary sulfonamides is 1. The fraction of sp³-hybridized carbons (Fsp3) is 0.136. The molecule has 30 heavy (non-hydrogen) atoms. The minimum absolute atomic E-state index is 0.0638. The second-order valence-corrected chi connectivity index (χ2v) is 10.2. The van der Waals surface area contributed by atoms with E-state index in [0.717, 1.165) is 34.4 Å². The van der Waals surface area contributed by atoms with E-state index in [1.807, 2.05) is 36.4 Å². The number of hydrogen-bond acceptors (Lipinski definition) is 4. The molecule has 0 aliphatic rings. The van der Waals surface area contributed by atoms with Gasteiger partial charge in [-0.2, -0.15) is 0 Å². The molecule has 3 aromatic carbocycles. The molecule has 0 saturated heterocycles. The molecule has 0 unspecified atom stereocenters. The lowest BCUT2D eigenvalue weighted by Gasteiger charge is -2.07. The zero-order chi connectivity index (χ0) is 21.7. The summed E-state index contributed by atoms with van der Waals surface area (Å²) in [7, 11) is -3.72. The number of carbonyl (C=O) groups excluding carboxylic acids is 1. The Morgan fingerprint density at radius 1 is 0.900 bits per heavy atom. The van der Waals surface area contributed by atoms with E-state index in [4.69, 9.17) is 28.3 Å². The van der Waals surface area contributed by atoms with Gasteiger partial charge in [-0.15, -0.1) is 0 Å². The number of halogens is 2. The van der Waals surface area contributed by atoms with Crippen molar-refractivity contribution in [3.8, 4) is 11.1 Å². The van der Waals surface area contributed by atoms with E-state index < -0.39 is 10.0 Å².